The van der Waals surface area contributed by atoms with Crippen LogP contribution in [0.3, 0.4) is 0 Å². The summed E-state index contributed by atoms with van der Waals surface area (Å²) >= 11 is 0. The van der Waals surface area contributed by atoms with E-state index >= 15 is 0 Å². The molecule has 7 heteroatoms. The monoisotopic (exact) mass is 296 g/mol. The summed E-state index contributed by atoms with van der Waals surface area (Å²) in [6, 6.07) is 7.44. The van der Waals surface area contributed by atoms with Gasteiger partial charge < -0.3 is 14.6 Å². The number of benzene rings is 1. The first-order valence-electron chi connectivity index (χ1n) is 6.16. The van der Waals surface area contributed by atoms with E-state index in [4.69, 9.17) is 4.74 Å². The fourth-order valence-electron chi connectivity index (χ4n) is 1.79. The number of hydrogen-bond acceptors (Lipinski definition) is 5. The minimum atomic E-state index is -2.87. The summed E-state index contributed by atoms with van der Waals surface area (Å²) in [5, 5.41) is 10.1. The summed E-state index contributed by atoms with van der Waals surface area (Å²) in [5.41, 5.74) is 1.19. The fraction of sp³-hybridized carbons (Fsp3) is 0.286. The summed E-state index contributed by atoms with van der Waals surface area (Å²) in [6.45, 7) is -2.87. The predicted octanol–water partition coefficient (Wildman–Crippen LogP) is 2.36. The van der Waals surface area contributed by atoms with Crippen molar-refractivity contribution in [2.45, 2.75) is 19.1 Å². The van der Waals surface area contributed by atoms with Crippen LogP contribution < -0.4 is 9.47 Å². The lowest BCUT2D eigenvalue weighted by Gasteiger charge is -2.12. The van der Waals surface area contributed by atoms with Crippen LogP contribution >= 0.6 is 0 Å². The molecule has 0 radical (unpaired) electrons. The normalized spacial score (nSPS) is 12.2. The lowest BCUT2D eigenvalue weighted by atomic mass is 10.0. The highest BCUT2D eigenvalue weighted by Gasteiger charge is 2.11. The van der Waals surface area contributed by atoms with Crippen LogP contribution in [0.15, 0.2) is 36.7 Å². The summed E-state index contributed by atoms with van der Waals surface area (Å²) in [7, 11) is 1.49. The SMILES string of the molecule is COc1cc(CC(O)c2ccc(OC(F)F)cc2)ncn1. The Morgan fingerprint density at radius 2 is 1.90 bits per heavy atom. The highest BCUT2D eigenvalue weighted by molar-refractivity contribution is 5.29. The van der Waals surface area contributed by atoms with Crippen LogP contribution in [0, 0.1) is 0 Å². The van der Waals surface area contributed by atoms with E-state index in [2.05, 4.69) is 14.7 Å². The zero-order valence-corrected chi connectivity index (χ0v) is 11.2. The maximum Gasteiger partial charge on any atom is 0.387 e. The Kier molecular flexibility index (Phi) is 4.99. The maximum absolute atomic E-state index is 12.0. The number of nitrogens with zero attached hydrogens (tertiary/aromatic N) is 2. The number of ether oxygens (including phenoxy) is 2. The van der Waals surface area contributed by atoms with E-state index in [-0.39, 0.29) is 12.2 Å². The Bertz CT molecular complexity index is 579. The molecule has 1 N–H and O–H groups in total. The summed E-state index contributed by atoms with van der Waals surface area (Å²) in [4.78, 5) is 7.91. The number of aliphatic hydroxyl groups excluding tert-OH is 1. The number of hydrogen-bond donors (Lipinski definition) is 1. The lowest BCUT2D eigenvalue weighted by Crippen LogP contribution is -2.05. The molecule has 1 atom stereocenters. The number of alkyl halides is 2. The molecule has 0 aliphatic heterocycles. The molecule has 0 saturated carbocycles. The Morgan fingerprint density at radius 1 is 1.19 bits per heavy atom. The minimum absolute atomic E-state index is 0.0460. The third-order valence-electron chi connectivity index (χ3n) is 2.80. The van der Waals surface area contributed by atoms with Gasteiger partial charge in [0.05, 0.1) is 18.9 Å². The fourth-order valence-corrected chi connectivity index (χ4v) is 1.79. The van der Waals surface area contributed by atoms with Gasteiger partial charge in [-0.2, -0.15) is 8.78 Å². The van der Waals surface area contributed by atoms with Crippen molar-refractivity contribution in [3.63, 3.8) is 0 Å². The van der Waals surface area contributed by atoms with Gasteiger partial charge in [-0.15, -0.1) is 0 Å². The first-order chi connectivity index (χ1) is 10.1. The van der Waals surface area contributed by atoms with E-state index in [1.165, 1.54) is 37.7 Å². The van der Waals surface area contributed by atoms with Crippen molar-refractivity contribution in [1.29, 1.82) is 0 Å². The average Bonchev–Trinajstić information content (AvgIpc) is 2.47. The van der Waals surface area contributed by atoms with Gasteiger partial charge in [-0.05, 0) is 17.7 Å². The van der Waals surface area contributed by atoms with Crippen molar-refractivity contribution >= 4 is 0 Å². The molecular formula is C14H14F2N2O3. The molecule has 0 bridgehead atoms. The van der Waals surface area contributed by atoms with Crippen molar-refractivity contribution in [2.75, 3.05) is 7.11 Å². The Balaban J connectivity index is 2.03. The molecule has 0 spiro atoms. The second-order valence-corrected chi connectivity index (χ2v) is 4.22. The van der Waals surface area contributed by atoms with Crippen molar-refractivity contribution in [3.8, 4) is 11.6 Å². The second-order valence-electron chi connectivity index (χ2n) is 4.22. The van der Waals surface area contributed by atoms with E-state index in [0.29, 0.717) is 17.1 Å². The van der Waals surface area contributed by atoms with E-state index < -0.39 is 12.7 Å². The van der Waals surface area contributed by atoms with Gasteiger partial charge in [-0.3, -0.25) is 0 Å². The van der Waals surface area contributed by atoms with Crippen LogP contribution in [-0.4, -0.2) is 28.8 Å². The Labute approximate surface area is 120 Å². The first kappa shape index (κ1) is 15.1. The van der Waals surface area contributed by atoms with Crippen LogP contribution in [-0.2, 0) is 6.42 Å². The topological polar surface area (TPSA) is 64.5 Å². The molecule has 2 aromatic rings. The maximum atomic E-state index is 12.0. The van der Waals surface area contributed by atoms with E-state index in [0.717, 1.165) is 0 Å². The Hall–Kier alpha value is -2.28. The molecular weight excluding hydrogens is 282 g/mol. The standard InChI is InChI=1S/C14H14F2N2O3/c1-20-13-7-10(17-8-18-13)6-12(19)9-2-4-11(5-3-9)21-14(15)16/h2-5,7-8,12,14,19H,6H2,1H3. The first-order valence-corrected chi connectivity index (χ1v) is 6.16. The van der Waals surface area contributed by atoms with E-state index in [1.54, 1.807) is 6.07 Å². The van der Waals surface area contributed by atoms with Gasteiger partial charge in [0.25, 0.3) is 0 Å². The van der Waals surface area contributed by atoms with Crippen molar-refractivity contribution < 1.29 is 23.4 Å². The number of halogens is 2. The van der Waals surface area contributed by atoms with E-state index in [9.17, 15) is 13.9 Å². The van der Waals surface area contributed by atoms with Gasteiger partial charge in [0.15, 0.2) is 0 Å². The highest BCUT2D eigenvalue weighted by Crippen LogP contribution is 2.22. The molecule has 2 rings (SSSR count). The molecule has 0 amide bonds. The third-order valence-corrected chi connectivity index (χ3v) is 2.80. The van der Waals surface area contributed by atoms with Crippen LogP contribution in [0.5, 0.6) is 11.6 Å². The van der Waals surface area contributed by atoms with Crippen LogP contribution in [0.4, 0.5) is 8.78 Å². The van der Waals surface area contributed by atoms with Crippen molar-refractivity contribution in [1.82, 2.24) is 9.97 Å². The molecule has 0 fully saturated rings. The van der Waals surface area contributed by atoms with Gasteiger partial charge in [-0.1, -0.05) is 12.1 Å². The van der Waals surface area contributed by atoms with Gasteiger partial charge in [0, 0.05) is 12.5 Å². The Morgan fingerprint density at radius 3 is 2.52 bits per heavy atom. The minimum Gasteiger partial charge on any atom is -0.481 e. The largest absolute Gasteiger partial charge is 0.481 e. The lowest BCUT2D eigenvalue weighted by molar-refractivity contribution is -0.0498. The predicted molar refractivity (Wildman–Crippen MR) is 70.3 cm³/mol. The molecule has 112 valence electrons. The average molecular weight is 296 g/mol. The van der Waals surface area contributed by atoms with Gasteiger partial charge in [0.2, 0.25) is 5.88 Å². The smallest absolute Gasteiger partial charge is 0.387 e. The number of methoxy groups -OCH3 is 1. The number of rotatable bonds is 6. The molecule has 1 aromatic heterocycles. The second kappa shape index (κ2) is 6.94. The molecule has 1 heterocycles. The summed E-state index contributed by atoms with van der Waals surface area (Å²) in [5.74, 6) is 0.456. The zero-order chi connectivity index (χ0) is 15.2. The number of aromatic nitrogens is 2. The van der Waals surface area contributed by atoms with Gasteiger partial charge in [0.1, 0.15) is 12.1 Å². The van der Waals surface area contributed by atoms with E-state index in [1.807, 2.05) is 0 Å². The van der Waals surface area contributed by atoms with Crippen LogP contribution in [0.25, 0.3) is 0 Å². The quantitative estimate of drug-likeness (QED) is 0.886. The molecule has 1 unspecified atom stereocenters. The number of aliphatic hydroxyl groups is 1. The molecule has 0 saturated heterocycles. The highest BCUT2D eigenvalue weighted by atomic mass is 19.3. The van der Waals surface area contributed by atoms with Crippen molar-refractivity contribution in [3.05, 3.63) is 47.9 Å². The van der Waals surface area contributed by atoms with Gasteiger partial charge in [-0.25, -0.2) is 9.97 Å². The summed E-state index contributed by atoms with van der Waals surface area (Å²) in [6.07, 6.45) is 0.791. The van der Waals surface area contributed by atoms with Crippen LogP contribution in [0.2, 0.25) is 0 Å². The summed E-state index contributed by atoms with van der Waals surface area (Å²) < 4.78 is 33.3. The third kappa shape index (κ3) is 4.35. The van der Waals surface area contributed by atoms with Crippen LogP contribution in [0.1, 0.15) is 17.4 Å². The molecule has 0 aliphatic carbocycles. The molecule has 5 nitrogen and oxygen atoms in total. The zero-order valence-electron chi connectivity index (χ0n) is 11.2. The molecule has 21 heavy (non-hydrogen) atoms. The van der Waals surface area contributed by atoms with Gasteiger partial charge >= 0.3 is 6.61 Å². The molecule has 0 aliphatic rings. The molecule has 1 aromatic carbocycles. The van der Waals surface area contributed by atoms with Crippen molar-refractivity contribution in [2.24, 2.45) is 0 Å².